The molecule has 0 aliphatic rings. The number of methoxy groups -OCH3 is 1. The summed E-state index contributed by atoms with van der Waals surface area (Å²) in [4.78, 5) is 0. The van der Waals surface area contributed by atoms with Gasteiger partial charge in [0.15, 0.2) is 0 Å². The Kier molecular flexibility index (Phi) is 7.92. The summed E-state index contributed by atoms with van der Waals surface area (Å²) in [5.41, 5.74) is 1.13. The highest BCUT2D eigenvalue weighted by Gasteiger charge is 2.09. The number of rotatable bonds is 9. The molecular formula is C16H26ClNO. The first-order valence-electron chi connectivity index (χ1n) is 7.27. The average molecular weight is 284 g/mol. The maximum absolute atomic E-state index is 6.05. The lowest BCUT2D eigenvalue weighted by atomic mass is 10.0. The van der Waals surface area contributed by atoms with E-state index in [0.717, 1.165) is 22.9 Å². The van der Waals surface area contributed by atoms with Gasteiger partial charge in [-0.1, -0.05) is 44.7 Å². The number of hydrogen-bond acceptors (Lipinski definition) is 2. The second kappa shape index (κ2) is 9.22. The van der Waals surface area contributed by atoms with Crippen molar-refractivity contribution in [3.05, 3.63) is 28.8 Å². The van der Waals surface area contributed by atoms with Gasteiger partial charge < -0.3 is 10.1 Å². The minimum Gasteiger partial charge on any atom is -0.496 e. The quantitative estimate of drug-likeness (QED) is 0.703. The van der Waals surface area contributed by atoms with Crippen LogP contribution in [0.3, 0.4) is 0 Å². The lowest BCUT2D eigenvalue weighted by molar-refractivity contribution is 0.397. The Labute approximate surface area is 122 Å². The third-order valence-corrected chi connectivity index (χ3v) is 3.60. The van der Waals surface area contributed by atoms with Crippen molar-refractivity contribution < 1.29 is 4.74 Å². The van der Waals surface area contributed by atoms with E-state index >= 15 is 0 Å². The van der Waals surface area contributed by atoms with Gasteiger partial charge in [-0.25, -0.2) is 0 Å². The standard InChI is InChI=1S/C16H26ClNO/c1-4-6-8-15(7-5-2)18-12-13-11-14(17)9-10-16(13)19-3/h9-11,15,18H,4-8,12H2,1-3H3. The lowest BCUT2D eigenvalue weighted by Crippen LogP contribution is -2.28. The summed E-state index contributed by atoms with van der Waals surface area (Å²) < 4.78 is 5.38. The normalized spacial score (nSPS) is 12.4. The highest BCUT2D eigenvalue weighted by molar-refractivity contribution is 6.30. The third kappa shape index (κ3) is 5.84. The monoisotopic (exact) mass is 283 g/mol. The predicted molar refractivity (Wildman–Crippen MR) is 83.1 cm³/mol. The molecule has 1 aromatic carbocycles. The summed E-state index contributed by atoms with van der Waals surface area (Å²) in [5.74, 6) is 0.905. The average Bonchev–Trinajstić information content (AvgIpc) is 2.42. The van der Waals surface area contributed by atoms with Crippen molar-refractivity contribution in [2.24, 2.45) is 0 Å². The third-order valence-electron chi connectivity index (χ3n) is 3.37. The van der Waals surface area contributed by atoms with Crippen LogP contribution in [-0.4, -0.2) is 13.2 Å². The Bertz CT molecular complexity index is 368. The van der Waals surface area contributed by atoms with Crippen LogP contribution in [0.15, 0.2) is 18.2 Å². The first-order chi connectivity index (χ1) is 9.21. The van der Waals surface area contributed by atoms with Gasteiger partial charge in [0, 0.05) is 23.2 Å². The molecule has 0 aromatic heterocycles. The largest absolute Gasteiger partial charge is 0.496 e. The van der Waals surface area contributed by atoms with Crippen molar-refractivity contribution in [3.63, 3.8) is 0 Å². The molecule has 3 heteroatoms. The zero-order valence-corrected chi connectivity index (χ0v) is 13.1. The van der Waals surface area contributed by atoms with Crippen LogP contribution in [0.1, 0.15) is 51.5 Å². The molecular weight excluding hydrogens is 258 g/mol. The number of unbranched alkanes of at least 4 members (excludes halogenated alkanes) is 1. The molecule has 0 saturated carbocycles. The predicted octanol–water partition coefficient (Wildman–Crippen LogP) is 4.80. The summed E-state index contributed by atoms with van der Waals surface area (Å²) in [6.07, 6.45) is 6.22. The van der Waals surface area contributed by atoms with E-state index in [9.17, 15) is 0 Å². The maximum Gasteiger partial charge on any atom is 0.123 e. The van der Waals surface area contributed by atoms with Gasteiger partial charge in [-0.3, -0.25) is 0 Å². The van der Waals surface area contributed by atoms with Crippen LogP contribution in [0, 0.1) is 0 Å². The molecule has 1 unspecified atom stereocenters. The van der Waals surface area contributed by atoms with Gasteiger partial charge in [0.05, 0.1) is 7.11 Å². The van der Waals surface area contributed by atoms with Gasteiger partial charge in [0.1, 0.15) is 5.75 Å². The van der Waals surface area contributed by atoms with Crippen LogP contribution in [0.5, 0.6) is 5.75 Å². The van der Waals surface area contributed by atoms with E-state index in [4.69, 9.17) is 16.3 Å². The SMILES string of the molecule is CCCCC(CCC)NCc1cc(Cl)ccc1OC. The number of benzene rings is 1. The molecule has 0 radical (unpaired) electrons. The smallest absolute Gasteiger partial charge is 0.123 e. The molecule has 2 nitrogen and oxygen atoms in total. The zero-order valence-electron chi connectivity index (χ0n) is 12.3. The van der Waals surface area contributed by atoms with E-state index in [1.54, 1.807) is 7.11 Å². The fourth-order valence-electron chi connectivity index (χ4n) is 2.29. The highest BCUT2D eigenvalue weighted by Crippen LogP contribution is 2.22. The minimum absolute atomic E-state index is 0.591. The molecule has 1 N–H and O–H groups in total. The van der Waals surface area contributed by atoms with Crippen LogP contribution >= 0.6 is 11.6 Å². The van der Waals surface area contributed by atoms with Gasteiger partial charge in [0.25, 0.3) is 0 Å². The molecule has 0 saturated heterocycles. The van der Waals surface area contributed by atoms with E-state index in [-0.39, 0.29) is 0 Å². The Morgan fingerprint density at radius 3 is 2.63 bits per heavy atom. The van der Waals surface area contributed by atoms with Crippen molar-refractivity contribution in [2.75, 3.05) is 7.11 Å². The van der Waals surface area contributed by atoms with E-state index in [2.05, 4.69) is 19.2 Å². The Morgan fingerprint density at radius 1 is 1.21 bits per heavy atom. The number of ether oxygens (including phenoxy) is 1. The van der Waals surface area contributed by atoms with Crippen LogP contribution < -0.4 is 10.1 Å². The van der Waals surface area contributed by atoms with Gasteiger partial charge in [-0.05, 0) is 31.0 Å². The van der Waals surface area contributed by atoms with E-state index in [1.165, 1.54) is 32.1 Å². The second-order valence-corrected chi connectivity index (χ2v) is 5.40. The van der Waals surface area contributed by atoms with Crippen LogP contribution in [0.2, 0.25) is 5.02 Å². The molecule has 1 aromatic rings. The molecule has 1 atom stereocenters. The molecule has 0 aliphatic carbocycles. The fourth-order valence-corrected chi connectivity index (χ4v) is 2.48. The zero-order chi connectivity index (χ0) is 14.1. The van der Waals surface area contributed by atoms with E-state index in [0.29, 0.717) is 6.04 Å². The van der Waals surface area contributed by atoms with Crippen molar-refractivity contribution in [2.45, 2.75) is 58.5 Å². The Hall–Kier alpha value is -0.730. The van der Waals surface area contributed by atoms with Crippen LogP contribution in [0.4, 0.5) is 0 Å². The lowest BCUT2D eigenvalue weighted by Gasteiger charge is -2.19. The highest BCUT2D eigenvalue weighted by atomic mass is 35.5. The van der Waals surface area contributed by atoms with Crippen molar-refractivity contribution in [3.8, 4) is 5.75 Å². The van der Waals surface area contributed by atoms with E-state index in [1.807, 2.05) is 18.2 Å². The second-order valence-electron chi connectivity index (χ2n) is 4.96. The molecule has 1 rings (SSSR count). The molecule has 0 spiro atoms. The summed E-state index contributed by atoms with van der Waals surface area (Å²) in [7, 11) is 1.70. The molecule has 108 valence electrons. The molecule has 0 fully saturated rings. The first-order valence-corrected chi connectivity index (χ1v) is 7.64. The summed E-state index contributed by atoms with van der Waals surface area (Å²) >= 11 is 6.05. The minimum atomic E-state index is 0.591. The number of nitrogens with one attached hydrogen (secondary N) is 1. The van der Waals surface area contributed by atoms with Crippen molar-refractivity contribution >= 4 is 11.6 Å². The van der Waals surface area contributed by atoms with Gasteiger partial charge in [-0.15, -0.1) is 0 Å². The molecule has 0 heterocycles. The molecule has 0 amide bonds. The summed E-state index contributed by atoms with van der Waals surface area (Å²) in [6, 6.07) is 6.37. The summed E-state index contributed by atoms with van der Waals surface area (Å²) in [6.45, 7) is 5.29. The Morgan fingerprint density at radius 2 is 2.00 bits per heavy atom. The Balaban J connectivity index is 2.59. The van der Waals surface area contributed by atoms with Gasteiger partial charge >= 0.3 is 0 Å². The first kappa shape index (κ1) is 16.3. The van der Waals surface area contributed by atoms with Crippen LogP contribution in [0.25, 0.3) is 0 Å². The number of hydrogen-bond donors (Lipinski definition) is 1. The fraction of sp³-hybridized carbons (Fsp3) is 0.625. The molecule has 0 aliphatic heterocycles. The number of halogens is 1. The van der Waals surface area contributed by atoms with Crippen molar-refractivity contribution in [1.29, 1.82) is 0 Å². The van der Waals surface area contributed by atoms with Crippen molar-refractivity contribution in [1.82, 2.24) is 5.32 Å². The maximum atomic E-state index is 6.05. The summed E-state index contributed by atoms with van der Waals surface area (Å²) in [5, 5.41) is 4.40. The molecule has 0 bridgehead atoms. The van der Waals surface area contributed by atoms with Crippen LogP contribution in [-0.2, 0) is 6.54 Å². The van der Waals surface area contributed by atoms with Gasteiger partial charge in [0.2, 0.25) is 0 Å². The van der Waals surface area contributed by atoms with E-state index < -0.39 is 0 Å². The molecule has 19 heavy (non-hydrogen) atoms. The van der Waals surface area contributed by atoms with Gasteiger partial charge in [-0.2, -0.15) is 0 Å². The topological polar surface area (TPSA) is 21.3 Å².